The molecule has 0 N–H and O–H groups in total. The van der Waals surface area contributed by atoms with Crippen molar-refractivity contribution in [2.24, 2.45) is 5.92 Å². The number of benzene rings is 1. The topological polar surface area (TPSA) is 78.6 Å². The molecule has 1 aromatic heterocycles. The van der Waals surface area contributed by atoms with Crippen LogP contribution in [0.15, 0.2) is 40.0 Å². The summed E-state index contributed by atoms with van der Waals surface area (Å²) < 4.78 is 8.07. The van der Waals surface area contributed by atoms with Gasteiger partial charge in [0, 0.05) is 31.8 Å². The summed E-state index contributed by atoms with van der Waals surface area (Å²) in [6.45, 7) is 7.27. The minimum atomic E-state index is -0.247. The number of anilines is 1. The number of thiocarbonyl (C=S) groups is 1. The molecule has 7 nitrogen and oxygen atoms in total. The van der Waals surface area contributed by atoms with E-state index in [1.165, 1.54) is 17.3 Å². The molecule has 1 amide bonds. The number of carbonyl (C=O) groups is 1. The van der Waals surface area contributed by atoms with Crippen molar-refractivity contribution in [1.82, 2.24) is 9.47 Å². The maximum absolute atomic E-state index is 13.6. The number of piperidine rings is 1. The molecule has 3 aliphatic rings. The van der Waals surface area contributed by atoms with E-state index in [0.29, 0.717) is 33.8 Å². The second kappa shape index (κ2) is 13.4. The van der Waals surface area contributed by atoms with Crippen LogP contribution in [0.5, 0.6) is 0 Å². The van der Waals surface area contributed by atoms with E-state index in [1.807, 2.05) is 19.1 Å². The smallest absolute Gasteiger partial charge is 0.270 e. The van der Waals surface area contributed by atoms with Crippen LogP contribution in [0.25, 0.3) is 6.08 Å². The first-order valence-electron chi connectivity index (χ1n) is 14.7. The van der Waals surface area contributed by atoms with Crippen LogP contribution in [0.3, 0.4) is 0 Å². The number of carbonyl (C=O) groups excluding carboxylic acids is 1. The number of unbranched alkanes of at least 4 members (excludes halogenated alkanes) is 1. The molecule has 0 spiro atoms. The molecule has 41 heavy (non-hydrogen) atoms. The molecular formula is C32H38N4O3S2. The first-order chi connectivity index (χ1) is 19.9. The van der Waals surface area contributed by atoms with E-state index in [0.717, 1.165) is 76.0 Å². The summed E-state index contributed by atoms with van der Waals surface area (Å²) in [7, 11) is 0. The zero-order valence-electron chi connectivity index (χ0n) is 23.9. The predicted octanol–water partition coefficient (Wildman–Crippen LogP) is 5.67. The van der Waals surface area contributed by atoms with Crippen LogP contribution in [-0.2, 0) is 22.5 Å². The van der Waals surface area contributed by atoms with Crippen molar-refractivity contribution >= 4 is 46.1 Å². The zero-order valence-corrected chi connectivity index (χ0v) is 25.6. The standard InChI is InChI=1S/C32H38N4O3S2/c1-3-4-14-35-29(34-15-12-24(13-16-34)18-23-9-6-5-7-10-23)26(22(2)27(20-33)30(35)37)19-28-31(38)36(32(40)41-28)21-25-11-8-17-39-25/h5-7,9-10,19,24-25H,3-4,8,11-18,21H2,1-2H3/b28-19+. The number of rotatable bonds is 9. The van der Waals surface area contributed by atoms with Gasteiger partial charge in [-0.25, -0.2) is 0 Å². The molecule has 3 saturated heterocycles. The highest BCUT2D eigenvalue weighted by molar-refractivity contribution is 8.26. The molecule has 3 aliphatic heterocycles. The first-order valence-corrected chi connectivity index (χ1v) is 16.0. The molecular weight excluding hydrogens is 553 g/mol. The van der Waals surface area contributed by atoms with Gasteiger partial charge < -0.3 is 9.64 Å². The van der Waals surface area contributed by atoms with Gasteiger partial charge in [-0.1, -0.05) is 67.7 Å². The average Bonchev–Trinajstić information content (AvgIpc) is 3.59. The molecule has 3 fully saturated rings. The summed E-state index contributed by atoms with van der Waals surface area (Å²) >= 11 is 6.90. The second-order valence-electron chi connectivity index (χ2n) is 11.2. The first kappa shape index (κ1) is 29.6. The lowest BCUT2D eigenvalue weighted by Crippen LogP contribution is -2.40. The molecule has 2 aromatic rings. The molecule has 0 aliphatic carbocycles. The third-order valence-electron chi connectivity index (χ3n) is 8.42. The van der Waals surface area contributed by atoms with Gasteiger partial charge in [-0.3, -0.25) is 19.1 Å². The van der Waals surface area contributed by atoms with Crippen LogP contribution in [0.1, 0.15) is 67.7 Å². The lowest BCUT2D eigenvalue weighted by Gasteiger charge is -2.36. The van der Waals surface area contributed by atoms with Crippen molar-refractivity contribution in [3.8, 4) is 6.07 Å². The van der Waals surface area contributed by atoms with Crippen LogP contribution < -0.4 is 10.5 Å². The number of nitrogens with zero attached hydrogens (tertiary/aromatic N) is 4. The summed E-state index contributed by atoms with van der Waals surface area (Å²) in [5.41, 5.74) is 2.64. The van der Waals surface area contributed by atoms with Gasteiger partial charge in [0.25, 0.3) is 11.5 Å². The Morgan fingerprint density at radius 3 is 2.59 bits per heavy atom. The van der Waals surface area contributed by atoms with Gasteiger partial charge in [0.1, 0.15) is 21.8 Å². The van der Waals surface area contributed by atoms with E-state index >= 15 is 0 Å². The van der Waals surface area contributed by atoms with Crippen LogP contribution in [0.2, 0.25) is 0 Å². The maximum Gasteiger partial charge on any atom is 0.270 e. The van der Waals surface area contributed by atoms with Crippen LogP contribution in [0.4, 0.5) is 5.82 Å². The Kier molecular flexibility index (Phi) is 9.64. The largest absolute Gasteiger partial charge is 0.376 e. The summed E-state index contributed by atoms with van der Waals surface area (Å²) in [4.78, 5) is 31.6. The van der Waals surface area contributed by atoms with Gasteiger partial charge in [-0.2, -0.15) is 5.26 Å². The molecule has 0 saturated carbocycles. The normalized spacial score (nSPS) is 20.8. The monoisotopic (exact) mass is 590 g/mol. The highest BCUT2D eigenvalue weighted by atomic mass is 32.2. The molecule has 4 heterocycles. The fraction of sp³-hybridized carbons (Fsp3) is 0.500. The second-order valence-corrected chi connectivity index (χ2v) is 12.9. The molecule has 0 radical (unpaired) electrons. The predicted molar refractivity (Wildman–Crippen MR) is 169 cm³/mol. The van der Waals surface area contributed by atoms with Gasteiger partial charge in [0.05, 0.1) is 17.6 Å². The number of aromatic nitrogens is 1. The minimum Gasteiger partial charge on any atom is -0.376 e. The van der Waals surface area contributed by atoms with Gasteiger partial charge in [-0.05, 0) is 68.6 Å². The van der Waals surface area contributed by atoms with Crippen molar-refractivity contribution in [3.63, 3.8) is 0 Å². The van der Waals surface area contributed by atoms with Crippen LogP contribution in [-0.4, -0.2) is 52.0 Å². The number of thioether (sulfide) groups is 1. The van der Waals surface area contributed by atoms with Crippen molar-refractivity contribution in [2.45, 2.75) is 71.4 Å². The Balaban J connectivity index is 1.49. The van der Waals surface area contributed by atoms with E-state index in [9.17, 15) is 14.9 Å². The molecule has 216 valence electrons. The Morgan fingerprint density at radius 2 is 1.93 bits per heavy atom. The highest BCUT2D eigenvalue weighted by Gasteiger charge is 2.36. The fourth-order valence-electron chi connectivity index (χ4n) is 6.09. The summed E-state index contributed by atoms with van der Waals surface area (Å²) in [5, 5.41) is 9.99. The third-order valence-corrected chi connectivity index (χ3v) is 9.80. The number of hydrogen-bond donors (Lipinski definition) is 0. The molecule has 9 heteroatoms. The number of amides is 1. The molecule has 5 rings (SSSR count). The van der Waals surface area contributed by atoms with Gasteiger partial charge in [0.2, 0.25) is 0 Å². The van der Waals surface area contributed by atoms with Crippen molar-refractivity contribution in [2.75, 3.05) is 31.1 Å². The fourth-order valence-corrected chi connectivity index (χ4v) is 7.34. The summed E-state index contributed by atoms with van der Waals surface area (Å²) in [6.07, 6.45) is 8.63. The highest BCUT2D eigenvalue weighted by Crippen LogP contribution is 2.37. The van der Waals surface area contributed by atoms with Gasteiger partial charge in [0.15, 0.2) is 0 Å². The van der Waals surface area contributed by atoms with Crippen molar-refractivity contribution in [1.29, 1.82) is 5.26 Å². The molecule has 0 bridgehead atoms. The van der Waals surface area contributed by atoms with Crippen molar-refractivity contribution < 1.29 is 9.53 Å². The quantitative estimate of drug-likeness (QED) is 0.275. The van der Waals surface area contributed by atoms with Crippen LogP contribution >= 0.6 is 24.0 Å². The van der Waals surface area contributed by atoms with E-state index in [1.54, 1.807) is 9.47 Å². The van der Waals surface area contributed by atoms with E-state index < -0.39 is 0 Å². The molecule has 1 unspecified atom stereocenters. The Bertz CT molecular complexity index is 1420. The third kappa shape index (κ3) is 6.45. The Hall–Kier alpha value is -2.93. The van der Waals surface area contributed by atoms with E-state index in [2.05, 4.69) is 42.2 Å². The Morgan fingerprint density at radius 1 is 1.17 bits per heavy atom. The zero-order chi connectivity index (χ0) is 28.9. The SMILES string of the molecule is CCCCn1c(N2CCC(Cc3ccccc3)CC2)c(/C=C2/SC(=S)N(CC3CCCO3)C2=O)c(C)c(C#N)c1=O. The van der Waals surface area contributed by atoms with Gasteiger partial charge in [-0.15, -0.1) is 0 Å². The Labute approximate surface area is 252 Å². The van der Waals surface area contributed by atoms with E-state index in [-0.39, 0.29) is 23.1 Å². The van der Waals surface area contributed by atoms with Crippen molar-refractivity contribution in [3.05, 3.63) is 67.8 Å². The van der Waals surface area contributed by atoms with Gasteiger partial charge >= 0.3 is 0 Å². The molecule has 1 atom stereocenters. The summed E-state index contributed by atoms with van der Waals surface area (Å²) in [5.74, 6) is 1.26. The number of pyridine rings is 1. The lowest BCUT2D eigenvalue weighted by atomic mass is 9.90. The average molecular weight is 591 g/mol. The number of hydrogen-bond acceptors (Lipinski definition) is 7. The number of nitriles is 1. The number of ether oxygens (including phenoxy) is 1. The van der Waals surface area contributed by atoms with E-state index in [4.69, 9.17) is 17.0 Å². The van der Waals surface area contributed by atoms with Crippen LogP contribution in [0, 0.1) is 24.2 Å². The summed E-state index contributed by atoms with van der Waals surface area (Å²) in [6, 6.07) is 12.8. The lowest BCUT2D eigenvalue weighted by molar-refractivity contribution is -0.123. The maximum atomic E-state index is 13.6. The molecule has 1 aromatic carbocycles. The minimum absolute atomic E-state index is 0.00692.